The van der Waals surface area contributed by atoms with Crippen molar-refractivity contribution in [3.05, 3.63) is 97.9 Å². The summed E-state index contributed by atoms with van der Waals surface area (Å²) in [5.41, 5.74) is 0.148. The molecule has 0 radical (unpaired) electrons. The Kier molecular flexibility index (Phi) is 6.37. The van der Waals surface area contributed by atoms with E-state index in [1.165, 1.54) is 12.1 Å². The molecule has 3 rings (SSSR count). The van der Waals surface area contributed by atoms with E-state index in [2.05, 4.69) is 14.3 Å². The van der Waals surface area contributed by atoms with Crippen LogP contribution in [-0.4, -0.2) is 21.5 Å². The van der Waals surface area contributed by atoms with Gasteiger partial charge in [-0.3, -0.25) is 9.59 Å². The second-order valence-electron chi connectivity index (χ2n) is 6.44. The van der Waals surface area contributed by atoms with Crippen LogP contribution in [-0.2, 0) is 10.0 Å². The molecule has 7 nitrogen and oxygen atoms in total. The summed E-state index contributed by atoms with van der Waals surface area (Å²) in [6.07, 6.45) is 0. The Morgan fingerprint density at radius 1 is 0.767 bits per heavy atom. The highest BCUT2D eigenvalue weighted by atomic mass is 32.2. The lowest BCUT2D eigenvalue weighted by Gasteiger charge is -2.20. The molecule has 8 heteroatoms. The van der Waals surface area contributed by atoms with E-state index in [9.17, 15) is 18.0 Å². The summed E-state index contributed by atoms with van der Waals surface area (Å²) in [6, 6.07) is 16.7. The van der Waals surface area contributed by atoms with E-state index in [1.807, 2.05) is 26.0 Å². The summed E-state index contributed by atoms with van der Waals surface area (Å²) in [5.74, 6) is 0. The highest BCUT2D eigenvalue weighted by molar-refractivity contribution is 7.90. The van der Waals surface area contributed by atoms with Crippen LogP contribution in [0.25, 0.3) is 0 Å². The first kappa shape index (κ1) is 21.3. The molecule has 0 aliphatic carbocycles. The molecule has 0 amide bonds. The molecule has 154 valence electrons. The van der Waals surface area contributed by atoms with Crippen LogP contribution >= 0.6 is 0 Å². The topological polar surface area (TPSA) is 96.2 Å². The molecule has 3 aromatic rings. The summed E-state index contributed by atoms with van der Waals surface area (Å²) in [6.45, 7) is 5.78. The predicted molar refractivity (Wildman–Crippen MR) is 116 cm³/mol. The molecule has 0 bridgehead atoms. The lowest BCUT2D eigenvalue weighted by Crippen LogP contribution is -2.47. The van der Waals surface area contributed by atoms with Crippen molar-refractivity contribution in [2.24, 2.45) is 9.39 Å². The SMILES string of the molecule is CCN(CC)c1ccc(N=c2c(=O)ccc(=O)c2=NS(=O)(=O)c2ccccc2)cc1. The second kappa shape index (κ2) is 8.96. The zero-order valence-corrected chi connectivity index (χ0v) is 17.5. The van der Waals surface area contributed by atoms with Crippen molar-refractivity contribution in [3.8, 4) is 0 Å². The summed E-state index contributed by atoms with van der Waals surface area (Å²) >= 11 is 0. The molecule has 0 aliphatic heterocycles. The van der Waals surface area contributed by atoms with Gasteiger partial charge < -0.3 is 4.90 Å². The van der Waals surface area contributed by atoms with Gasteiger partial charge in [-0.25, -0.2) is 4.99 Å². The monoisotopic (exact) mass is 423 g/mol. The number of rotatable bonds is 6. The molecule has 3 aromatic carbocycles. The molecule has 0 aliphatic rings. The van der Waals surface area contributed by atoms with E-state index in [-0.39, 0.29) is 10.3 Å². The van der Waals surface area contributed by atoms with E-state index in [4.69, 9.17) is 0 Å². The fourth-order valence-corrected chi connectivity index (χ4v) is 3.98. The zero-order chi connectivity index (χ0) is 21.7. The summed E-state index contributed by atoms with van der Waals surface area (Å²) in [7, 11) is -4.17. The fraction of sp³-hybridized carbons (Fsp3) is 0.182. The molecule has 0 fully saturated rings. The third-order valence-electron chi connectivity index (χ3n) is 4.55. The Morgan fingerprint density at radius 2 is 1.33 bits per heavy atom. The highest BCUT2D eigenvalue weighted by Gasteiger charge is 2.13. The van der Waals surface area contributed by atoms with Crippen molar-refractivity contribution < 1.29 is 8.42 Å². The van der Waals surface area contributed by atoms with Crippen LogP contribution in [0.3, 0.4) is 0 Å². The minimum absolute atomic E-state index is 0.0739. The average molecular weight is 423 g/mol. The summed E-state index contributed by atoms with van der Waals surface area (Å²) < 4.78 is 28.8. The molecular weight excluding hydrogens is 402 g/mol. The molecule has 0 unspecified atom stereocenters. The first-order valence-corrected chi connectivity index (χ1v) is 10.9. The van der Waals surface area contributed by atoms with Crippen molar-refractivity contribution in [2.75, 3.05) is 18.0 Å². The Morgan fingerprint density at radius 3 is 1.90 bits per heavy atom. The largest absolute Gasteiger partial charge is 0.372 e. The van der Waals surface area contributed by atoms with Gasteiger partial charge in [0.05, 0.1) is 10.6 Å². The van der Waals surface area contributed by atoms with Crippen molar-refractivity contribution >= 4 is 21.4 Å². The minimum atomic E-state index is -4.17. The first-order valence-electron chi connectivity index (χ1n) is 9.46. The Hall–Kier alpha value is -3.39. The van der Waals surface area contributed by atoms with Gasteiger partial charge >= 0.3 is 0 Å². The molecule has 0 N–H and O–H groups in total. The van der Waals surface area contributed by atoms with Gasteiger partial charge in [-0.2, -0.15) is 12.8 Å². The number of hydrogen-bond donors (Lipinski definition) is 0. The maximum atomic E-state index is 12.6. The second-order valence-corrected chi connectivity index (χ2v) is 8.04. The Bertz CT molecular complexity index is 1350. The quantitative estimate of drug-likeness (QED) is 0.601. The van der Waals surface area contributed by atoms with Gasteiger partial charge in [-0.1, -0.05) is 18.2 Å². The summed E-state index contributed by atoms with van der Waals surface area (Å²) in [5, 5.41) is -0.781. The van der Waals surface area contributed by atoms with Crippen molar-refractivity contribution in [3.63, 3.8) is 0 Å². The van der Waals surface area contributed by atoms with E-state index < -0.39 is 26.2 Å². The van der Waals surface area contributed by atoms with Gasteiger partial charge in [0.1, 0.15) is 5.36 Å². The van der Waals surface area contributed by atoms with Crippen LogP contribution in [0.4, 0.5) is 11.4 Å². The van der Waals surface area contributed by atoms with E-state index in [0.717, 1.165) is 30.9 Å². The maximum Gasteiger partial charge on any atom is 0.283 e. The van der Waals surface area contributed by atoms with Gasteiger partial charge in [0.2, 0.25) is 10.9 Å². The number of anilines is 1. The first-order chi connectivity index (χ1) is 14.4. The van der Waals surface area contributed by atoms with Crippen LogP contribution < -0.4 is 26.5 Å². The summed E-state index contributed by atoms with van der Waals surface area (Å²) in [4.78, 5) is 31.1. The van der Waals surface area contributed by atoms with Gasteiger partial charge in [0, 0.05) is 18.8 Å². The Labute approximate surface area is 174 Å². The highest BCUT2D eigenvalue weighted by Crippen LogP contribution is 2.19. The standard InChI is InChI=1S/C22H21N3O4S/c1-3-25(4-2)17-12-10-16(11-13-17)23-21-19(26)14-15-20(27)22(21)24-30(28,29)18-8-6-5-7-9-18/h5-15H,3-4H2,1-2H3. The van der Waals surface area contributed by atoms with Crippen LogP contribution in [0.1, 0.15) is 13.8 Å². The van der Waals surface area contributed by atoms with Gasteiger partial charge in [-0.05, 0) is 62.4 Å². The number of sulfonamides is 1. The normalized spacial score (nSPS) is 12.9. The molecule has 0 heterocycles. The molecule has 0 aromatic heterocycles. The number of nitrogens with zero attached hydrogens (tertiary/aromatic N) is 3. The molecule has 0 saturated carbocycles. The zero-order valence-electron chi connectivity index (χ0n) is 16.6. The Balaban J connectivity index is 2.19. The molecule has 0 atom stereocenters. The smallest absolute Gasteiger partial charge is 0.283 e. The molecule has 0 spiro atoms. The van der Waals surface area contributed by atoms with Gasteiger partial charge in [0.25, 0.3) is 10.0 Å². The van der Waals surface area contributed by atoms with Crippen molar-refractivity contribution in [1.29, 1.82) is 0 Å². The third-order valence-corrected chi connectivity index (χ3v) is 5.84. The van der Waals surface area contributed by atoms with Crippen molar-refractivity contribution in [2.45, 2.75) is 18.7 Å². The van der Waals surface area contributed by atoms with E-state index in [0.29, 0.717) is 5.69 Å². The van der Waals surface area contributed by atoms with Gasteiger partial charge in [0.15, 0.2) is 5.36 Å². The predicted octanol–water partition coefficient (Wildman–Crippen LogP) is 1.65. The van der Waals surface area contributed by atoms with Crippen LogP contribution in [0.2, 0.25) is 0 Å². The van der Waals surface area contributed by atoms with Crippen LogP contribution in [0, 0.1) is 0 Å². The van der Waals surface area contributed by atoms with E-state index in [1.54, 1.807) is 30.3 Å². The van der Waals surface area contributed by atoms with Crippen LogP contribution in [0.5, 0.6) is 0 Å². The number of benzene rings is 3. The number of hydrogen-bond acceptors (Lipinski definition) is 6. The third kappa shape index (κ3) is 4.60. The van der Waals surface area contributed by atoms with Crippen molar-refractivity contribution in [1.82, 2.24) is 0 Å². The van der Waals surface area contributed by atoms with Crippen LogP contribution in [0.15, 0.2) is 90.6 Å². The molecular formula is C22H21N3O4S. The molecule has 30 heavy (non-hydrogen) atoms. The van der Waals surface area contributed by atoms with Gasteiger partial charge in [-0.15, -0.1) is 0 Å². The minimum Gasteiger partial charge on any atom is -0.372 e. The average Bonchev–Trinajstić information content (AvgIpc) is 2.76. The lowest BCUT2D eigenvalue weighted by atomic mass is 10.2. The van der Waals surface area contributed by atoms with E-state index >= 15 is 0 Å². The fourth-order valence-electron chi connectivity index (χ4n) is 2.96. The molecule has 0 saturated heterocycles. The maximum absolute atomic E-state index is 12.6. The lowest BCUT2D eigenvalue weighted by molar-refractivity contribution is 0.596.